The number of ether oxygens (including phenoxy) is 1. The minimum atomic E-state index is 0.268. The predicted molar refractivity (Wildman–Crippen MR) is 76.6 cm³/mol. The zero-order valence-electron chi connectivity index (χ0n) is 12.4. The third kappa shape index (κ3) is 1.55. The number of aromatic hydroxyl groups is 1. The van der Waals surface area contributed by atoms with Gasteiger partial charge in [0.05, 0.1) is 7.11 Å². The van der Waals surface area contributed by atoms with Crippen molar-refractivity contribution in [3.05, 3.63) is 23.8 Å². The summed E-state index contributed by atoms with van der Waals surface area (Å²) in [7, 11) is 1.59. The van der Waals surface area contributed by atoms with Crippen LogP contribution in [0.15, 0.2) is 18.2 Å². The summed E-state index contributed by atoms with van der Waals surface area (Å²) in [6.45, 7) is 7.29. The molecule has 1 aromatic carbocycles. The van der Waals surface area contributed by atoms with E-state index in [2.05, 4.69) is 26.8 Å². The van der Waals surface area contributed by atoms with Crippen molar-refractivity contribution in [3.8, 4) is 11.5 Å². The Hall–Kier alpha value is -1.18. The molecule has 2 aliphatic rings. The summed E-state index contributed by atoms with van der Waals surface area (Å²) in [6, 6.07) is 5.93. The molecule has 3 rings (SSSR count). The molecule has 104 valence electrons. The summed E-state index contributed by atoms with van der Waals surface area (Å²) >= 11 is 0. The van der Waals surface area contributed by atoms with Crippen LogP contribution >= 0.6 is 0 Å². The lowest BCUT2D eigenvalue weighted by Crippen LogP contribution is -2.31. The molecule has 0 aliphatic heterocycles. The van der Waals surface area contributed by atoms with Gasteiger partial charge in [-0.2, -0.15) is 0 Å². The Morgan fingerprint density at radius 3 is 2.47 bits per heavy atom. The highest BCUT2D eigenvalue weighted by Gasteiger charge is 2.61. The average molecular weight is 260 g/mol. The van der Waals surface area contributed by atoms with Gasteiger partial charge < -0.3 is 9.84 Å². The second-order valence-corrected chi connectivity index (χ2v) is 7.09. The number of rotatable bonds is 2. The van der Waals surface area contributed by atoms with Gasteiger partial charge in [-0.05, 0) is 59.6 Å². The van der Waals surface area contributed by atoms with Crippen LogP contribution in [-0.2, 0) is 0 Å². The van der Waals surface area contributed by atoms with Crippen LogP contribution < -0.4 is 4.74 Å². The van der Waals surface area contributed by atoms with Crippen molar-refractivity contribution >= 4 is 0 Å². The van der Waals surface area contributed by atoms with Crippen LogP contribution in [0.25, 0.3) is 0 Å². The maximum Gasteiger partial charge on any atom is 0.160 e. The van der Waals surface area contributed by atoms with Gasteiger partial charge in [0, 0.05) is 0 Å². The van der Waals surface area contributed by atoms with Crippen molar-refractivity contribution in [1.29, 1.82) is 0 Å². The molecule has 3 atom stereocenters. The molecular weight excluding hydrogens is 236 g/mol. The third-order valence-corrected chi connectivity index (χ3v) is 6.40. The van der Waals surface area contributed by atoms with E-state index < -0.39 is 0 Å². The molecule has 2 saturated carbocycles. The van der Waals surface area contributed by atoms with E-state index in [0.717, 1.165) is 5.92 Å². The lowest BCUT2D eigenvalue weighted by molar-refractivity contribution is 0.134. The molecule has 1 aromatic rings. The highest BCUT2D eigenvalue weighted by Crippen LogP contribution is 2.71. The normalized spacial score (nSPS) is 35.6. The van der Waals surface area contributed by atoms with Crippen LogP contribution in [-0.4, -0.2) is 12.2 Å². The van der Waals surface area contributed by atoms with Crippen molar-refractivity contribution in [2.24, 2.45) is 16.7 Å². The van der Waals surface area contributed by atoms with Crippen LogP contribution in [0.2, 0.25) is 0 Å². The van der Waals surface area contributed by atoms with Crippen molar-refractivity contribution in [3.63, 3.8) is 0 Å². The maximum absolute atomic E-state index is 10.0. The van der Waals surface area contributed by atoms with E-state index in [1.807, 2.05) is 12.1 Å². The van der Waals surface area contributed by atoms with Crippen LogP contribution in [0.1, 0.15) is 51.5 Å². The molecule has 2 nitrogen and oxygen atoms in total. The molecule has 19 heavy (non-hydrogen) atoms. The van der Waals surface area contributed by atoms with E-state index in [1.54, 1.807) is 7.11 Å². The van der Waals surface area contributed by atoms with Gasteiger partial charge in [0.15, 0.2) is 11.5 Å². The fourth-order valence-corrected chi connectivity index (χ4v) is 4.63. The zero-order valence-corrected chi connectivity index (χ0v) is 12.4. The predicted octanol–water partition coefficient (Wildman–Crippen LogP) is 4.33. The monoisotopic (exact) mass is 260 g/mol. The minimum Gasteiger partial charge on any atom is -0.504 e. The summed E-state index contributed by atoms with van der Waals surface area (Å²) in [5.41, 5.74) is 2.04. The number of fused-ring (bicyclic) bond motifs is 2. The first-order chi connectivity index (χ1) is 8.90. The van der Waals surface area contributed by atoms with Crippen LogP contribution in [0, 0.1) is 16.7 Å². The molecule has 2 bridgehead atoms. The molecule has 0 heterocycles. The Bertz CT molecular complexity index is 506. The summed E-state index contributed by atoms with van der Waals surface area (Å²) in [5.74, 6) is 2.23. The lowest BCUT2D eigenvalue weighted by atomic mass is 9.65. The second kappa shape index (κ2) is 3.91. The van der Waals surface area contributed by atoms with Crippen LogP contribution in [0.4, 0.5) is 0 Å². The minimum absolute atomic E-state index is 0.268. The van der Waals surface area contributed by atoms with Gasteiger partial charge in [-0.3, -0.25) is 0 Å². The topological polar surface area (TPSA) is 29.5 Å². The molecule has 0 amide bonds. The third-order valence-electron chi connectivity index (χ3n) is 6.40. The molecule has 2 fully saturated rings. The van der Waals surface area contributed by atoms with Gasteiger partial charge in [-0.1, -0.05) is 26.8 Å². The van der Waals surface area contributed by atoms with Gasteiger partial charge in [-0.25, -0.2) is 0 Å². The van der Waals surface area contributed by atoms with Crippen LogP contribution in [0.5, 0.6) is 11.5 Å². The van der Waals surface area contributed by atoms with Gasteiger partial charge in [0.1, 0.15) is 0 Å². The molecule has 0 unspecified atom stereocenters. The Morgan fingerprint density at radius 1 is 1.26 bits per heavy atom. The summed E-state index contributed by atoms with van der Waals surface area (Å²) < 4.78 is 5.14. The van der Waals surface area contributed by atoms with Gasteiger partial charge in [0.25, 0.3) is 0 Å². The summed E-state index contributed by atoms with van der Waals surface area (Å²) in [6.07, 6.45) is 3.93. The van der Waals surface area contributed by atoms with Gasteiger partial charge in [-0.15, -0.1) is 0 Å². The quantitative estimate of drug-likeness (QED) is 0.857. The second-order valence-electron chi connectivity index (χ2n) is 7.09. The van der Waals surface area contributed by atoms with Crippen molar-refractivity contribution in [2.45, 2.75) is 46.0 Å². The molecule has 0 spiro atoms. The van der Waals surface area contributed by atoms with Gasteiger partial charge >= 0.3 is 0 Å². The molecule has 0 radical (unpaired) electrons. The first-order valence-corrected chi connectivity index (χ1v) is 7.27. The first-order valence-electron chi connectivity index (χ1n) is 7.27. The standard InChI is InChI=1S/C17H24O2/c1-16(2)12-7-8-17(16,3)13(10-12)11-5-6-15(19-4)14(18)9-11/h5-6,9,12-13,18H,7-8,10H2,1-4H3/t12-,13+,17+/m0/s1. The van der Waals surface area contributed by atoms with E-state index in [0.29, 0.717) is 22.5 Å². The molecule has 2 heteroatoms. The van der Waals surface area contributed by atoms with Crippen molar-refractivity contribution in [2.75, 3.05) is 7.11 Å². The zero-order chi connectivity index (χ0) is 13.8. The molecule has 0 saturated heterocycles. The Balaban J connectivity index is 1.99. The number of methoxy groups -OCH3 is 1. The van der Waals surface area contributed by atoms with E-state index in [1.165, 1.54) is 24.8 Å². The SMILES string of the molecule is COc1ccc([C@H]2C[C@@H]3CC[C@@]2(C)C3(C)C)cc1O. The number of phenols is 1. The molecule has 0 aromatic heterocycles. The Morgan fingerprint density at radius 2 is 2.00 bits per heavy atom. The largest absolute Gasteiger partial charge is 0.504 e. The van der Waals surface area contributed by atoms with E-state index in [-0.39, 0.29) is 5.75 Å². The number of benzene rings is 1. The fraction of sp³-hybridized carbons (Fsp3) is 0.647. The van der Waals surface area contributed by atoms with Gasteiger partial charge in [0.2, 0.25) is 0 Å². The Labute approximate surface area is 115 Å². The van der Waals surface area contributed by atoms with Crippen molar-refractivity contribution < 1.29 is 9.84 Å². The van der Waals surface area contributed by atoms with Crippen LogP contribution in [0.3, 0.4) is 0 Å². The molecule has 2 aliphatic carbocycles. The summed E-state index contributed by atoms with van der Waals surface area (Å²) in [5, 5.41) is 10.0. The first kappa shape index (κ1) is 12.8. The highest BCUT2D eigenvalue weighted by atomic mass is 16.5. The molecular formula is C17H24O2. The summed E-state index contributed by atoms with van der Waals surface area (Å²) in [4.78, 5) is 0. The van der Waals surface area contributed by atoms with E-state index >= 15 is 0 Å². The lowest BCUT2D eigenvalue weighted by Gasteiger charge is -2.39. The molecule has 1 N–H and O–H groups in total. The fourth-order valence-electron chi connectivity index (χ4n) is 4.63. The highest BCUT2D eigenvalue weighted by molar-refractivity contribution is 5.44. The average Bonchev–Trinajstić information content (AvgIpc) is 2.71. The van der Waals surface area contributed by atoms with E-state index in [9.17, 15) is 5.11 Å². The maximum atomic E-state index is 10.0. The van der Waals surface area contributed by atoms with Crippen molar-refractivity contribution in [1.82, 2.24) is 0 Å². The smallest absolute Gasteiger partial charge is 0.160 e. The number of hydrogen-bond donors (Lipinski definition) is 1. The number of phenolic OH excluding ortho intramolecular Hbond substituents is 1. The van der Waals surface area contributed by atoms with E-state index in [4.69, 9.17) is 4.74 Å². The Kier molecular flexibility index (Phi) is 2.64. The number of hydrogen-bond acceptors (Lipinski definition) is 2.